The molecule has 1 amide bonds. The fourth-order valence-electron chi connectivity index (χ4n) is 3.60. The summed E-state index contributed by atoms with van der Waals surface area (Å²) in [4.78, 5) is 14.9. The van der Waals surface area contributed by atoms with Gasteiger partial charge in [0.05, 0.1) is 17.5 Å². The lowest BCUT2D eigenvalue weighted by Gasteiger charge is -2.26. The number of rotatable bonds is 10. The molecule has 2 heterocycles. The summed E-state index contributed by atoms with van der Waals surface area (Å²) in [5, 5.41) is 3.03. The molecule has 1 aliphatic heterocycles. The third-order valence-corrected chi connectivity index (χ3v) is 6.36. The lowest BCUT2D eigenvalue weighted by atomic mass is 10.2. The van der Waals surface area contributed by atoms with Crippen LogP contribution in [0.5, 0.6) is 5.75 Å². The average molecular weight is 435 g/mol. The predicted molar refractivity (Wildman–Crippen MR) is 114 cm³/mol. The van der Waals surface area contributed by atoms with Crippen molar-refractivity contribution in [2.75, 3.05) is 32.5 Å². The largest absolute Gasteiger partial charge is 0.494 e. The topological polar surface area (TPSA) is 88.8 Å². The molecule has 1 aromatic heterocycles. The highest BCUT2D eigenvalue weighted by Crippen LogP contribution is 2.26. The summed E-state index contributed by atoms with van der Waals surface area (Å²) in [7, 11) is -3.21. The number of amides is 1. The Kier molecular flexibility index (Phi) is 7.55. The molecule has 2 aromatic rings. The minimum absolute atomic E-state index is 0.0153. The van der Waals surface area contributed by atoms with Gasteiger partial charge in [-0.3, -0.25) is 9.69 Å². The molecule has 1 N–H and O–H groups in total. The van der Waals surface area contributed by atoms with Gasteiger partial charge in [0.15, 0.2) is 9.84 Å². The summed E-state index contributed by atoms with van der Waals surface area (Å²) in [6.45, 7) is 4.88. The highest BCUT2D eigenvalue weighted by molar-refractivity contribution is 7.90. The van der Waals surface area contributed by atoms with Gasteiger partial charge in [-0.05, 0) is 75.7 Å². The highest BCUT2D eigenvalue weighted by Gasteiger charge is 2.26. The smallest absolute Gasteiger partial charge is 0.220 e. The van der Waals surface area contributed by atoms with Crippen LogP contribution in [0.1, 0.15) is 43.2 Å². The molecule has 0 spiro atoms. The second kappa shape index (κ2) is 10.1. The van der Waals surface area contributed by atoms with E-state index in [1.807, 2.05) is 19.1 Å². The second-order valence-electron chi connectivity index (χ2n) is 7.71. The summed E-state index contributed by atoms with van der Waals surface area (Å²) in [6, 6.07) is 10.3. The number of carbonyl (C=O) groups excluding carboxylic acids is 1. The maximum Gasteiger partial charge on any atom is 0.220 e. The van der Waals surface area contributed by atoms with Crippen molar-refractivity contribution in [2.45, 2.75) is 43.5 Å². The molecular weight excluding hydrogens is 404 g/mol. The van der Waals surface area contributed by atoms with Crippen molar-refractivity contribution in [1.29, 1.82) is 0 Å². The van der Waals surface area contributed by atoms with Crippen molar-refractivity contribution in [1.82, 2.24) is 10.2 Å². The van der Waals surface area contributed by atoms with Gasteiger partial charge in [-0.2, -0.15) is 0 Å². The third-order valence-electron chi connectivity index (χ3n) is 5.23. The lowest BCUT2D eigenvalue weighted by Crippen LogP contribution is -2.36. The van der Waals surface area contributed by atoms with Crippen LogP contribution in [0.4, 0.5) is 0 Å². The number of furan rings is 1. The van der Waals surface area contributed by atoms with Gasteiger partial charge in [-0.15, -0.1) is 0 Å². The average Bonchev–Trinajstić information content (AvgIpc) is 3.38. The van der Waals surface area contributed by atoms with Crippen LogP contribution >= 0.6 is 0 Å². The van der Waals surface area contributed by atoms with Gasteiger partial charge in [0.25, 0.3) is 0 Å². The van der Waals surface area contributed by atoms with Crippen LogP contribution in [-0.2, 0) is 14.6 Å². The van der Waals surface area contributed by atoms with Crippen LogP contribution in [0.25, 0.3) is 0 Å². The van der Waals surface area contributed by atoms with Gasteiger partial charge in [-0.1, -0.05) is 0 Å². The SMILES string of the molecule is Cc1ccc(C(CNC(=O)CCCOc2ccc(S(C)(=O)=O)cc2)N2CCCC2)o1. The van der Waals surface area contributed by atoms with Crippen molar-refractivity contribution in [3.63, 3.8) is 0 Å². The molecule has 1 aliphatic rings. The summed E-state index contributed by atoms with van der Waals surface area (Å²) in [5.41, 5.74) is 0. The van der Waals surface area contributed by atoms with Crippen LogP contribution in [0.3, 0.4) is 0 Å². The molecule has 1 atom stereocenters. The number of ether oxygens (including phenoxy) is 1. The second-order valence-corrected chi connectivity index (χ2v) is 9.72. The number of carbonyl (C=O) groups is 1. The first-order chi connectivity index (χ1) is 14.3. The highest BCUT2D eigenvalue weighted by atomic mass is 32.2. The number of nitrogens with one attached hydrogen (secondary N) is 1. The number of sulfone groups is 1. The van der Waals surface area contributed by atoms with Crippen LogP contribution < -0.4 is 10.1 Å². The Labute approximate surface area is 178 Å². The van der Waals surface area contributed by atoms with E-state index in [-0.39, 0.29) is 16.8 Å². The number of aryl methyl sites for hydroxylation is 1. The number of hydrogen-bond acceptors (Lipinski definition) is 6. The Morgan fingerprint density at radius 3 is 2.47 bits per heavy atom. The fraction of sp³-hybridized carbons (Fsp3) is 0.500. The quantitative estimate of drug-likeness (QED) is 0.578. The van der Waals surface area contributed by atoms with E-state index >= 15 is 0 Å². The standard InChI is InChI=1S/C22H30N2O5S/c1-17-7-12-21(29-17)20(24-13-3-4-14-24)16-23-22(25)6-5-15-28-18-8-10-19(11-9-18)30(2,26)27/h7-12,20H,3-6,13-16H2,1-2H3,(H,23,25). The zero-order valence-electron chi connectivity index (χ0n) is 17.6. The Balaban J connectivity index is 1.41. The Bertz CT molecular complexity index is 931. The Morgan fingerprint density at radius 1 is 1.17 bits per heavy atom. The van der Waals surface area contributed by atoms with Crippen molar-refractivity contribution < 1.29 is 22.4 Å². The molecule has 0 aliphatic carbocycles. The fourth-order valence-corrected chi connectivity index (χ4v) is 4.23. The van der Waals surface area contributed by atoms with E-state index in [2.05, 4.69) is 10.2 Å². The molecule has 1 aromatic carbocycles. The molecular formula is C22H30N2O5S. The van der Waals surface area contributed by atoms with E-state index in [4.69, 9.17) is 9.15 Å². The minimum atomic E-state index is -3.21. The van der Waals surface area contributed by atoms with E-state index in [9.17, 15) is 13.2 Å². The van der Waals surface area contributed by atoms with Gasteiger partial charge in [0.1, 0.15) is 17.3 Å². The van der Waals surface area contributed by atoms with Gasteiger partial charge in [0, 0.05) is 19.2 Å². The van der Waals surface area contributed by atoms with Gasteiger partial charge < -0.3 is 14.5 Å². The van der Waals surface area contributed by atoms with Crippen LogP contribution in [0, 0.1) is 6.92 Å². The lowest BCUT2D eigenvalue weighted by molar-refractivity contribution is -0.121. The van der Waals surface area contributed by atoms with Crippen molar-refractivity contribution in [3.05, 3.63) is 47.9 Å². The van der Waals surface area contributed by atoms with E-state index in [1.54, 1.807) is 12.1 Å². The molecule has 8 heteroatoms. The molecule has 7 nitrogen and oxygen atoms in total. The third kappa shape index (κ3) is 6.34. The normalized spacial score (nSPS) is 15.8. The molecule has 0 saturated carbocycles. The summed E-state index contributed by atoms with van der Waals surface area (Å²) >= 11 is 0. The Hall–Kier alpha value is -2.32. The first-order valence-electron chi connectivity index (χ1n) is 10.3. The van der Waals surface area contributed by atoms with Crippen molar-refractivity contribution in [3.8, 4) is 5.75 Å². The summed E-state index contributed by atoms with van der Waals surface area (Å²) < 4.78 is 34.4. The van der Waals surface area contributed by atoms with Crippen molar-refractivity contribution in [2.24, 2.45) is 0 Å². The molecule has 0 radical (unpaired) electrons. The molecule has 1 saturated heterocycles. The van der Waals surface area contributed by atoms with E-state index in [0.717, 1.165) is 24.6 Å². The van der Waals surface area contributed by atoms with Gasteiger partial charge in [-0.25, -0.2) is 8.42 Å². The zero-order chi connectivity index (χ0) is 21.6. The van der Waals surface area contributed by atoms with E-state index in [0.29, 0.717) is 31.7 Å². The zero-order valence-corrected chi connectivity index (χ0v) is 18.4. The maximum atomic E-state index is 12.3. The molecule has 0 bridgehead atoms. The molecule has 1 fully saturated rings. The molecule has 3 rings (SSSR count). The van der Waals surface area contributed by atoms with Crippen LogP contribution in [0.15, 0.2) is 45.7 Å². The summed E-state index contributed by atoms with van der Waals surface area (Å²) in [5.74, 6) is 2.35. The van der Waals surface area contributed by atoms with Crippen molar-refractivity contribution >= 4 is 15.7 Å². The number of benzene rings is 1. The molecule has 164 valence electrons. The summed E-state index contributed by atoms with van der Waals surface area (Å²) in [6.07, 6.45) is 4.46. The first-order valence-corrected chi connectivity index (χ1v) is 12.2. The molecule has 1 unspecified atom stereocenters. The van der Waals surface area contributed by atoms with Gasteiger partial charge >= 0.3 is 0 Å². The first kappa shape index (κ1) is 22.4. The number of likely N-dealkylation sites (tertiary alicyclic amines) is 1. The van der Waals surface area contributed by atoms with Crippen LogP contribution in [-0.4, -0.2) is 51.7 Å². The minimum Gasteiger partial charge on any atom is -0.494 e. The monoisotopic (exact) mass is 434 g/mol. The van der Waals surface area contributed by atoms with Gasteiger partial charge in [0.2, 0.25) is 5.91 Å². The maximum absolute atomic E-state index is 12.3. The van der Waals surface area contributed by atoms with E-state index < -0.39 is 9.84 Å². The number of nitrogens with zero attached hydrogens (tertiary/aromatic N) is 1. The molecule has 30 heavy (non-hydrogen) atoms. The van der Waals surface area contributed by atoms with Crippen LogP contribution in [0.2, 0.25) is 0 Å². The van der Waals surface area contributed by atoms with E-state index in [1.165, 1.54) is 31.2 Å². The number of hydrogen-bond donors (Lipinski definition) is 1. The Morgan fingerprint density at radius 2 is 1.87 bits per heavy atom. The predicted octanol–water partition coefficient (Wildman–Crippen LogP) is 3.10.